The molecule has 0 aliphatic rings. The third kappa shape index (κ3) is 6.36. The summed E-state index contributed by atoms with van der Waals surface area (Å²) in [6.45, 7) is 0.735. The van der Waals surface area contributed by atoms with Crippen LogP contribution in [0.25, 0.3) is 0 Å². The molecule has 29 heavy (non-hydrogen) atoms. The second-order valence-corrected chi connectivity index (χ2v) is 6.76. The van der Waals surface area contributed by atoms with Gasteiger partial charge >= 0.3 is 0 Å². The number of carbonyl (C=O) groups excluding carboxylic acids is 2. The van der Waals surface area contributed by atoms with Gasteiger partial charge in [0.2, 0.25) is 5.91 Å². The number of halogens is 1. The van der Waals surface area contributed by atoms with Gasteiger partial charge in [-0.25, -0.2) is 0 Å². The molecule has 0 atom stereocenters. The lowest BCUT2D eigenvalue weighted by Gasteiger charge is -2.09. The zero-order valence-corrected chi connectivity index (χ0v) is 16.5. The first-order valence-corrected chi connectivity index (χ1v) is 9.55. The Labute approximate surface area is 174 Å². The second-order valence-electron chi connectivity index (χ2n) is 6.36. The van der Waals surface area contributed by atoms with Gasteiger partial charge in [-0.15, -0.1) is 0 Å². The van der Waals surface area contributed by atoms with Gasteiger partial charge in [-0.05, 0) is 35.4 Å². The molecule has 0 aliphatic carbocycles. The van der Waals surface area contributed by atoms with Crippen LogP contribution in [0.5, 0.6) is 5.75 Å². The highest BCUT2D eigenvalue weighted by molar-refractivity contribution is 6.33. The number of benzene rings is 3. The van der Waals surface area contributed by atoms with E-state index in [0.29, 0.717) is 23.7 Å². The lowest BCUT2D eigenvalue weighted by atomic mass is 10.1. The molecule has 148 valence electrons. The minimum absolute atomic E-state index is 0.118. The average molecular weight is 409 g/mol. The molecule has 2 N–H and O–H groups in total. The number of amides is 2. The first-order valence-electron chi connectivity index (χ1n) is 9.17. The highest BCUT2D eigenvalue weighted by Crippen LogP contribution is 2.14. The Morgan fingerprint density at radius 3 is 2.17 bits per heavy atom. The van der Waals surface area contributed by atoms with Crippen LogP contribution < -0.4 is 15.4 Å². The monoisotopic (exact) mass is 408 g/mol. The number of ether oxygens (including phenoxy) is 1. The Morgan fingerprint density at radius 1 is 0.793 bits per heavy atom. The van der Waals surface area contributed by atoms with E-state index >= 15 is 0 Å². The first kappa shape index (κ1) is 20.4. The van der Waals surface area contributed by atoms with E-state index in [4.69, 9.17) is 16.3 Å². The molecule has 2 amide bonds. The zero-order chi connectivity index (χ0) is 20.5. The number of hydrogen-bond donors (Lipinski definition) is 2. The number of para-hydroxylation sites is 1. The maximum absolute atomic E-state index is 12.1. The predicted octanol–water partition coefficient (Wildman–Crippen LogP) is 3.97. The highest BCUT2D eigenvalue weighted by atomic mass is 35.5. The standard InChI is InChI=1S/C23H21ClN2O3/c24-21-9-5-4-8-20(21)23(28)26-15-22(27)25-14-17-10-12-18(13-11-17)16-29-19-6-2-1-3-7-19/h1-13H,14-16H2,(H,25,27)(H,26,28). The lowest BCUT2D eigenvalue weighted by Crippen LogP contribution is -2.36. The molecule has 0 heterocycles. The van der Waals surface area contributed by atoms with Gasteiger partial charge in [-0.3, -0.25) is 9.59 Å². The molecule has 3 aromatic carbocycles. The van der Waals surface area contributed by atoms with Crippen LogP contribution >= 0.6 is 11.6 Å². The van der Waals surface area contributed by atoms with Gasteiger partial charge < -0.3 is 15.4 Å². The van der Waals surface area contributed by atoms with Gasteiger partial charge in [0.25, 0.3) is 5.91 Å². The molecule has 0 aliphatic heterocycles. The third-order valence-corrected chi connectivity index (χ3v) is 4.52. The quantitative estimate of drug-likeness (QED) is 0.592. The van der Waals surface area contributed by atoms with Crippen LogP contribution in [0.2, 0.25) is 5.02 Å². The van der Waals surface area contributed by atoms with E-state index in [1.165, 1.54) is 0 Å². The predicted molar refractivity (Wildman–Crippen MR) is 113 cm³/mol. The average Bonchev–Trinajstić information content (AvgIpc) is 2.76. The van der Waals surface area contributed by atoms with Crippen molar-refractivity contribution >= 4 is 23.4 Å². The summed E-state index contributed by atoms with van der Waals surface area (Å²) in [6.07, 6.45) is 0. The van der Waals surface area contributed by atoms with E-state index in [1.54, 1.807) is 24.3 Å². The van der Waals surface area contributed by atoms with Crippen molar-refractivity contribution in [3.63, 3.8) is 0 Å². The maximum Gasteiger partial charge on any atom is 0.253 e. The Kier molecular flexibility index (Phi) is 7.25. The van der Waals surface area contributed by atoms with E-state index in [9.17, 15) is 9.59 Å². The van der Waals surface area contributed by atoms with Crippen LogP contribution in [0.4, 0.5) is 0 Å². The van der Waals surface area contributed by atoms with Crippen molar-refractivity contribution < 1.29 is 14.3 Å². The van der Waals surface area contributed by atoms with Crippen molar-refractivity contribution in [2.75, 3.05) is 6.54 Å². The maximum atomic E-state index is 12.1. The molecule has 3 rings (SSSR count). The van der Waals surface area contributed by atoms with Crippen LogP contribution in [0.15, 0.2) is 78.9 Å². The normalized spacial score (nSPS) is 10.2. The van der Waals surface area contributed by atoms with Crippen LogP contribution in [0.3, 0.4) is 0 Å². The molecular weight excluding hydrogens is 388 g/mol. The molecule has 0 saturated heterocycles. The number of hydrogen-bond acceptors (Lipinski definition) is 3. The second kappa shape index (κ2) is 10.3. The van der Waals surface area contributed by atoms with E-state index in [-0.39, 0.29) is 18.4 Å². The van der Waals surface area contributed by atoms with Gasteiger partial charge in [0.15, 0.2) is 0 Å². The molecule has 0 saturated carbocycles. The first-order chi connectivity index (χ1) is 14.1. The van der Waals surface area contributed by atoms with Gasteiger partial charge in [-0.1, -0.05) is 66.2 Å². The van der Waals surface area contributed by atoms with Crippen LogP contribution in [-0.4, -0.2) is 18.4 Å². The molecular formula is C23H21ClN2O3. The summed E-state index contributed by atoms with van der Waals surface area (Å²) in [5, 5.41) is 5.69. The molecule has 0 radical (unpaired) electrons. The number of rotatable bonds is 8. The van der Waals surface area contributed by atoms with Crippen molar-refractivity contribution in [3.8, 4) is 5.75 Å². The summed E-state index contributed by atoms with van der Waals surface area (Å²) in [5.74, 6) is 0.165. The van der Waals surface area contributed by atoms with Gasteiger partial charge in [0.05, 0.1) is 17.1 Å². The fourth-order valence-corrected chi connectivity index (χ4v) is 2.82. The van der Waals surface area contributed by atoms with Gasteiger partial charge in [0, 0.05) is 6.54 Å². The topological polar surface area (TPSA) is 67.4 Å². The smallest absolute Gasteiger partial charge is 0.253 e. The van der Waals surface area contributed by atoms with Crippen LogP contribution in [-0.2, 0) is 17.9 Å². The fourth-order valence-electron chi connectivity index (χ4n) is 2.60. The van der Waals surface area contributed by atoms with Gasteiger partial charge in [0.1, 0.15) is 12.4 Å². The van der Waals surface area contributed by atoms with Crippen molar-refractivity contribution in [1.82, 2.24) is 10.6 Å². The molecule has 6 heteroatoms. The Balaban J connectivity index is 1.41. The Hall–Kier alpha value is -3.31. The summed E-state index contributed by atoms with van der Waals surface area (Å²) in [7, 11) is 0. The van der Waals surface area contributed by atoms with Crippen molar-refractivity contribution in [1.29, 1.82) is 0 Å². The van der Waals surface area contributed by atoms with E-state index in [0.717, 1.165) is 16.9 Å². The number of carbonyl (C=O) groups is 2. The molecule has 0 bridgehead atoms. The minimum Gasteiger partial charge on any atom is -0.489 e. The largest absolute Gasteiger partial charge is 0.489 e. The third-order valence-electron chi connectivity index (χ3n) is 4.19. The van der Waals surface area contributed by atoms with E-state index in [2.05, 4.69) is 10.6 Å². The minimum atomic E-state index is -0.381. The molecule has 0 aromatic heterocycles. The van der Waals surface area contributed by atoms with Crippen LogP contribution in [0, 0.1) is 0 Å². The summed E-state index contributed by atoms with van der Waals surface area (Å²) in [4.78, 5) is 24.0. The number of nitrogens with one attached hydrogen (secondary N) is 2. The molecule has 3 aromatic rings. The molecule has 0 unspecified atom stereocenters. The summed E-state index contributed by atoms with van der Waals surface area (Å²) >= 11 is 5.98. The Morgan fingerprint density at radius 2 is 1.45 bits per heavy atom. The van der Waals surface area contributed by atoms with E-state index < -0.39 is 0 Å². The highest BCUT2D eigenvalue weighted by Gasteiger charge is 2.10. The SMILES string of the molecule is O=C(CNC(=O)c1ccccc1Cl)NCc1ccc(COc2ccccc2)cc1. The van der Waals surface area contributed by atoms with E-state index in [1.807, 2.05) is 54.6 Å². The molecule has 0 fully saturated rings. The fraction of sp³-hybridized carbons (Fsp3) is 0.130. The van der Waals surface area contributed by atoms with Crippen molar-refractivity contribution in [3.05, 3.63) is 101 Å². The van der Waals surface area contributed by atoms with Crippen molar-refractivity contribution in [2.24, 2.45) is 0 Å². The summed E-state index contributed by atoms with van der Waals surface area (Å²) in [5.41, 5.74) is 2.34. The van der Waals surface area contributed by atoms with Crippen LogP contribution in [0.1, 0.15) is 21.5 Å². The molecule has 0 spiro atoms. The summed E-state index contributed by atoms with van der Waals surface area (Å²) < 4.78 is 5.71. The zero-order valence-electron chi connectivity index (χ0n) is 15.7. The Bertz CT molecular complexity index is 959. The summed E-state index contributed by atoms with van der Waals surface area (Å²) in [6, 6.07) is 24.1. The molecule has 5 nitrogen and oxygen atoms in total. The van der Waals surface area contributed by atoms with Gasteiger partial charge in [-0.2, -0.15) is 0 Å². The van der Waals surface area contributed by atoms with Crippen molar-refractivity contribution in [2.45, 2.75) is 13.2 Å². The lowest BCUT2D eigenvalue weighted by molar-refractivity contribution is -0.120.